The fraction of sp³-hybridized carbons (Fsp3) is 0. The van der Waals surface area contributed by atoms with Gasteiger partial charge in [0, 0.05) is 16.9 Å². The third-order valence-corrected chi connectivity index (χ3v) is 2.75. The summed E-state index contributed by atoms with van der Waals surface area (Å²) in [7, 11) is 0. The summed E-state index contributed by atoms with van der Waals surface area (Å²) in [5.74, 6) is 1.50. The normalized spacial score (nSPS) is 10.4. The van der Waals surface area contributed by atoms with Crippen LogP contribution in [0, 0.1) is 0 Å². The van der Waals surface area contributed by atoms with Gasteiger partial charge in [0.05, 0.1) is 5.39 Å². The largest absolute Gasteiger partial charge is 0.456 e. The van der Waals surface area contributed by atoms with E-state index in [1.807, 2.05) is 54.6 Å². The van der Waals surface area contributed by atoms with Crippen LogP contribution in [0.1, 0.15) is 0 Å². The van der Waals surface area contributed by atoms with Crippen LogP contribution < -0.4 is 9.47 Å². The smallest absolute Gasteiger partial charge is 0.268 e. The van der Waals surface area contributed by atoms with Gasteiger partial charge in [-0.1, -0.05) is 24.3 Å². The second kappa shape index (κ2) is 4.37. The minimum atomic E-state index is 0.714. The van der Waals surface area contributed by atoms with Gasteiger partial charge in [-0.15, -0.1) is 0 Å². The Bertz CT molecular complexity index is 680. The molecule has 3 rings (SSSR count). The van der Waals surface area contributed by atoms with E-state index < -0.39 is 0 Å². The van der Waals surface area contributed by atoms with E-state index >= 15 is 0 Å². The molecule has 0 saturated carbocycles. The monoisotopic (exact) mass is 238 g/mol. The number of para-hydroxylation sites is 1. The first kappa shape index (κ1) is 10.6. The molecule has 0 bridgehead atoms. The molecule has 3 nitrogen and oxygen atoms in total. The summed E-state index contributed by atoms with van der Waals surface area (Å²) in [6.07, 6.45) is 1.59. The Morgan fingerprint density at radius 3 is 2.50 bits per heavy atom. The number of hydrogen-bond acceptors (Lipinski definition) is 2. The van der Waals surface area contributed by atoms with Crippen molar-refractivity contribution in [1.82, 2.24) is 0 Å². The molecule has 0 aliphatic heterocycles. The van der Waals surface area contributed by atoms with Gasteiger partial charge >= 0.3 is 0 Å². The maximum absolute atomic E-state index is 9.72. The van der Waals surface area contributed by atoms with Crippen LogP contribution in [0.3, 0.4) is 0 Å². The zero-order chi connectivity index (χ0) is 12.4. The second-order valence-electron chi connectivity index (χ2n) is 3.96. The second-order valence-corrected chi connectivity index (χ2v) is 3.96. The maximum atomic E-state index is 9.72. The molecule has 0 radical (unpaired) electrons. The van der Waals surface area contributed by atoms with E-state index in [2.05, 4.69) is 0 Å². The van der Waals surface area contributed by atoms with Crippen LogP contribution >= 0.6 is 0 Å². The summed E-state index contributed by atoms with van der Waals surface area (Å²) in [5.41, 5.74) is 0.714. The highest BCUT2D eigenvalue weighted by Gasteiger charge is 2.11. The lowest BCUT2D eigenvalue weighted by molar-refractivity contribution is -0.884. The fourth-order valence-electron chi connectivity index (χ4n) is 1.91. The lowest BCUT2D eigenvalue weighted by Crippen LogP contribution is -2.29. The SMILES string of the molecule is O[n+]1cccc2c(Oc3ccccc3)cccc21. The molecule has 0 saturated heterocycles. The lowest BCUT2D eigenvalue weighted by atomic mass is 10.2. The number of rotatable bonds is 2. The Hall–Kier alpha value is -2.55. The van der Waals surface area contributed by atoms with Gasteiger partial charge in [-0.25, -0.2) is 0 Å². The minimum Gasteiger partial charge on any atom is -0.456 e. The van der Waals surface area contributed by atoms with Crippen molar-refractivity contribution in [2.45, 2.75) is 0 Å². The molecule has 1 heterocycles. The van der Waals surface area contributed by atoms with Gasteiger partial charge in [0.25, 0.3) is 5.52 Å². The van der Waals surface area contributed by atoms with Gasteiger partial charge in [0.1, 0.15) is 11.5 Å². The molecule has 3 aromatic rings. The fourth-order valence-corrected chi connectivity index (χ4v) is 1.91. The summed E-state index contributed by atoms with van der Waals surface area (Å²) in [4.78, 5) is 0. The summed E-state index contributed by atoms with van der Waals surface area (Å²) in [5, 5.41) is 10.6. The van der Waals surface area contributed by atoms with E-state index in [1.54, 1.807) is 12.3 Å². The number of pyridine rings is 1. The van der Waals surface area contributed by atoms with Crippen molar-refractivity contribution < 1.29 is 14.7 Å². The molecular formula is C15H12NO2+. The van der Waals surface area contributed by atoms with Gasteiger partial charge in [0.2, 0.25) is 6.20 Å². The zero-order valence-electron chi connectivity index (χ0n) is 9.65. The predicted molar refractivity (Wildman–Crippen MR) is 67.8 cm³/mol. The lowest BCUT2D eigenvalue weighted by Gasteiger charge is -2.06. The van der Waals surface area contributed by atoms with Crippen molar-refractivity contribution in [1.29, 1.82) is 0 Å². The van der Waals surface area contributed by atoms with Crippen molar-refractivity contribution >= 4 is 10.9 Å². The number of fused-ring (bicyclic) bond motifs is 1. The molecule has 0 unspecified atom stereocenters. The van der Waals surface area contributed by atoms with Crippen molar-refractivity contribution in [3.05, 3.63) is 66.9 Å². The van der Waals surface area contributed by atoms with Crippen molar-refractivity contribution in [2.24, 2.45) is 0 Å². The highest BCUT2D eigenvalue weighted by Crippen LogP contribution is 2.27. The Morgan fingerprint density at radius 2 is 1.67 bits per heavy atom. The van der Waals surface area contributed by atoms with E-state index in [0.29, 0.717) is 5.52 Å². The first-order valence-electron chi connectivity index (χ1n) is 5.70. The summed E-state index contributed by atoms with van der Waals surface area (Å²) >= 11 is 0. The van der Waals surface area contributed by atoms with Crippen LogP contribution in [-0.4, -0.2) is 5.21 Å². The molecule has 0 fully saturated rings. The average Bonchev–Trinajstić information content (AvgIpc) is 2.41. The molecule has 0 spiro atoms. The highest BCUT2D eigenvalue weighted by molar-refractivity contribution is 5.82. The Balaban J connectivity index is 2.10. The average molecular weight is 238 g/mol. The molecular weight excluding hydrogens is 226 g/mol. The highest BCUT2D eigenvalue weighted by atomic mass is 16.5. The van der Waals surface area contributed by atoms with Crippen molar-refractivity contribution in [3.8, 4) is 11.5 Å². The van der Waals surface area contributed by atoms with Crippen LogP contribution in [0.5, 0.6) is 11.5 Å². The zero-order valence-corrected chi connectivity index (χ0v) is 9.65. The van der Waals surface area contributed by atoms with E-state index in [4.69, 9.17) is 4.74 Å². The van der Waals surface area contributed by atoms with E-state index in [1.165, 1.54) is 0 Å². The van der Waals surface area contributed by atoms with Crippen LogP contribution in [-0.2, 0) is 0 Å². The summed E-state index contributed by atoms with van der Waals surface area (Å²) in [6.45, 7) is 0. The number of benzene rings is 2. The standard InChI is InChI=1S/C15H12NO2/c17-16-11-5-8-13-14(16)9-4-10-15(13)18-12-6-2-1-3-7-12/h1-11,17H/q+1. The molecule has 18 heavy (non-hydrogen) atoms. The van der Waals surface area contributed by atoms with Crippen LogP contribution in [0.25, 0.3) is 10.9 Å². The van der Waals surface area contributed by atoms with E-state index in [9.17, 15) is 5.21 Å². The van der Waals surface area contributed by atoms with Crippen LogP contribution in [0.4, 0.5) is 0 Å². The molecule has 88 valence electrons. The molecule has 3 heteroatoms. The van der Waals surface area contributed by atoms with Gasteiger partial charge in [-0.05, 0) is 24.3 Å². The Labute approximate surface area is 104 Å². The Kier molecular flexibility index (Phi) is 2.57. The summed E-state index contributed by atoms with van der Waals surface area (Å²) < 4.78 is 6.91. The molecule has 1 N–H and O–H groups in total. The quantitative estimate of drug-likeness (QED) is 0.549. The molecule has 2 aromatic carbocycles. The Morgan fingerprint density at radius 1 is 0.833 bits per heavy atom. The number of aromatic nitrogens is 1. The van der Waals surface area contributed by atoms with Gasteiger partial charge < -0.3 is 4.74 Å². The topological polar surface area (TPSA) is 33.3 Å². The van der Waals surface area contributed by atoms with Crippen molar-refractivity contribution in [3.63, 3.8) is 0 Å². The molecule has 0 aliphatic carbocycles. The van der Waals surface area contributed by atoms with E-state index in [-0.39, 0.29) is 0 Å². The first-order chi connectivity index (χ1) is 8.84. The van der Waals surface area contributed by atoms with Gasteiger partial charge in [-0.3, -0.25) is 5.21 Å². The van der Waals surface area contributed by atoms with Crippen LogP contribution in [0.15, 0.2) is 66.9 Å². The number of ether oxygens (including phenoxy) is 1. The van der Waals surface area contributed by atoms with Crippen molar-refractivity contribution in [2.75, 3.05) is 0 Å². The number of hydrogen-bond donors (Lipinski definition) is 1. The molecule has 0 amide bonds. The molecule has 1 aromatic heterocycles. The predicted octanol–water partition coefficient (Wildman–Crippen LogP) is 3.16. The molecule has 0 aliphatic rings. The van der Waals surface area contributed by atoms with Gasteiger partial charge in [-0.2, -0.15) is 0 Å². The van der Waals surface area contributed by atoms with Gasteiger partial charge in [0.15, 0.2) is 0 Å². The molecule has 0 atom stereocenters. The number of nitrogens with zero attached hydrogens (tertiary/aromatic N) is 1. The maximum Gasteiger partial charge on any atom is 0.268 e. The van der Waals surface area contributed by atoms with E-state index in [0.717, 1.165) is 21.6 Å². The third kappa shape index (κ3) is 1.86. The third-order valence-electron chi connectivity index (χ3n) is 2.75. The van der Waals surface area contributed by atoms with Crippen LogP contribution in [0.2, 0.25) is 0 Å². The minimum absolute atomic E-state index is 0.714. The summed E-state index contributed by atoms with van der Waals surface area (Å²) in [6, 6.07) is 18.9. The first-order valence-corrected chi connectivity index (χ1v) is 5.70.